The van der Waals surface area contributed by atoms with E-state index in [0.29, 0.717) is 23.0 Å². The maximum Gasteiger partial charge on any atom is 0.253 e. The Morgan fingerprint density at radius 1 is 1.22 bits per heavy atom. The zero-order chi connectivity index (χ0) is 19.1. The van der Waals surface area contributed by atoms with E-state index in [1.807, 2.05) is 17.0 Å². The van der Waals surface area contributed by atoms with Crippen LogP contribution in [0.15, 0.2) is 24.3 Å². The fourth-order valence-corrected chi connectivity index (χ4v) is 4.10. The van der Waals surface area contributed by atoms with Crippen LogP contribution in [-0.4, -0.2) is 74.9 Å². The van der Waals surface area contributed by atoms with Crippen molar-refractivity contribution in [3.05, 3.63) is 34.9 Å². The maximum absolute atomic E-state index is 13.1. The molecule has 0 N–H and O–H groups in total. The van der Waals surface area contributed by atoms with Crippen molar-refractivity contribution in [2.75, 3.05) is 53.0 Å². The van der Waals surface area contributed by atoms with E-state index in [-0.39, 0.29) is 12.0 Å². The predicted molar refractivity (Wildman–Crippen MR) is 107 cm³/mol. The number of benzene rings is 1. The molecule has 1 aromatic rings. The minimum Gasteiger partial charge on any atom is -0.383 e. The van der Waals surface area contributed by atoms with Crippen LogP contribution in [0.5, 0.6) is 0 Å². The van der Waals surface area contributed by atoms with E-state index >= 15 is 0 Å². The van der Waals surface area contributed by atoms with Crippen molar-refractivity contribution in [1.82, 2.24) is 9.80 Å². The fourth-order valence-electron chi connectivity index (χ4n) is 3.97. The Morgan fingerprint density at radius 3 is 2.59 bits per heavy atom. The largest absolute Gasteiger partial charge is 0.383 e. The molecule has 6 heteroatoms. The molecule has 0 aromatic heterocycles. The van der Waals surface area contributed by atoms with Gasteiger partial charge in [0.25, 0.3) is 5.91 Å². The number of hydrogen-bond donors (Lipinski definition) is 0. The summed E-state index contributed by atoms with van der Waals surface area (Å²) >= 11 is 5.98. The Balaban J connectivity index is 1.60. The summed E-state index contributed by atoms with van der Waals surface area (Å²) in [6.07, 6.45) is 4.55. The number of rotatable bonds is 8. The van der Waals surface area contributed by atoms with E-state index in [2.05, 4.69) is 4.90 Å². The van der Waals surface area contributed by atoms with Crippen LogP contribution in [0.4, 0.5) is 0 Å². The van der Waals surface area contributed by atoms with E-state index in [9.17, 15) is 4.79 Å². The lowest BCUT2D eigenvalue weighted by Crippen LogP contribution is -2.44. The summed E-state index contributed by atoms with van der Waals surface area (Å²) in [6.45, 7) is 6.24. The van der Waals surface area contributed by atoms with Crippen LogP contribution in [0, 0.1) is 5.92 Å². The molecular weight excluding hydrogens is 364 g/mol. The van der Waals surface area contributed by atoms with Gasteiger partial charge in [-0.15, -0.1) is 0 Å². The van der Waals surface area contributed by atoms with Gasteiger partial charge in [-0.25, -0.2) is 0 Å². The average molecular weight is 395 g/mol. The van der Waals surface area contributed by atoms with Gasteiger partial charge in [0.1, 0.15) is 0 Å². The van der Waals surface area contributed by atoms with Gasteiger partial charge < -0.3 is 19.3 Å². The Kier molecular flexibility index (Phi) is 7.94. The standard InChI is InChI=1S/C21H31ClN2O3/c1-26-14-12-23-10-8-17(9-11-23)15-24(16-20-3-2-13-27-20)21(25)18-4-6-19(22)7-5-18/h4-7,17,20H,2-3,8-16H2,1H3. The van der Waals surface area contributed by atoms with Gasteiger partial charge in [0, 0.05) is 43.9 Å². The zero-order valence-electron chi connectivity index (χ0n) is 16.2. The van der Waals surface area contributed by atoms with Crippen LogP contribution in [0.1, 0.15) is 36.0 Å². The number of hydrogen-bond acceptors (Lipinski definition) is 4. The topological polar surface area (TPSA) is 42.0 Å². The molecular formula is C21H31ClN2O3. The van der Waals surface area contributed by atoms with Crippen LogP contribution < -0.4 is 0 Å². The lowest BCUT2D eigenvalue weighted by atomic mass is 9.95. The van der Waals surface area contributed by atoms with Gasteiger partial charge in [-0.05, 0) is 69.0 Å². The Morgan fingerprint density at radius 2 is 1.96 bits per heavy atom. The molecule has 2 aliphatic rings. The summed E-state index contributed by atoms with van der Waals surface area (Å²) in [4.78, 5) is 17.6. The lowest BCUT2D eigenvalue weighted by molar-refractivity contribution is 0.0437. The molecule has 0 spiro atoms. The molecule has 2 saturated heterocycles. The molecule has 2 heterocycles. The minimum atomic E-state index is 0.0870. The second kappa shape index (κ2) is 10.4. The van der Waals surface area contributed by atoms with Crippen LogP contribution in [0.25, 0.3) is 0 Å². The SMILES string of the molecule is COCCN1CCC(CN(CC2CCCO2)C(=O)c2ccc(Cl)cc2)CC1. The minimum absolute atomic E-state index is 0.0870. The van der Waals surface area contributed by atoms with Crippen molar-refractivity contribution in [3.63, 3.8) is 0 Å². The van der Waals surface area contributed by atoms with Crippen molar-refractivity contribution in [2.24, 2.45) is 5.92 Å². The van der Waals surface area contributed by atoms with Gasteiger partial charge in [-0.1, -0.05) is 11.6 Å². The number of carbonyl (C=O) groups excluding carboxylic acids is 1. The zero-order valence-corrected chi connectivity index (χ0v) is 17.0. The maximum atomic E-state index is 13.1. The molecule has 2 aliphatic heterocycles. The molecule has 0 radical (unpaired) electrons. The number of nitrogens with zero attached hydrogens (tertiary/aromatic N) is 2. The summed E-state index contributed by atoms with van der Waals surface area (Å²) in [5.74, 6) is 0.630. The van der Waals surface area contributed by atoms with Gasteiger partial charge >= 0.3 is 0 Å². The van der Waals surface area contributed by atoms with E-state index in [1.54, 1.807) is 19.2 Å². The van der Waals surface area contributed by atoms with Crippen molar-refractivity contribution in [2.45, 2.75) is 31.8 Å². The first-order valence-electron chi connectivity index (χ1n) is 10.0. The van der Waals surface area contributed by atoms with Gasteiger partial charge in [-0.2, -0.15) is 0 Å². The first-order chi connectivity index (χ1) is 13.2. The highest BCUT2D eigenvalue weighted by atomic mass is 35.5. The number of piperidine rings is 1. The quantitative estimate of drug-likeness (QED) is 0.678. The number of halogens is 1. The van der Waals surface area contributed by atoms with Crippen molar-refractivity contribution < 1.29 is 14.3 Å². The third kappa shape index (κ3) is 6.18. The molecule has 5 nitrogen and oxygen atoms in total. The molecule has 1 unspecified atom stereocenters. The van der Waals surface area contributed by atoms with Crippen molar-refractivity contribution >= 4 is 17.5 Å². The molecule has 2 fully saturated rings. The molecule has 1 atom stereocenters. The van der Waals surface area contributed by atoms with E-state index in [0.717, 1.165) is 65.1 Å². The van der Waals surface area contributed by atoms with Crippen molar-refractivity contribution in [3.8, 4) is 0 Å². The van der Waals surface area contributed by atoms with Gasteiger partial charge in [0.15, 0.2) is 0 Å². The smallest absolute Gasteiger partial charge is 0.253 e. The normalized spacial score (nSPS) is 21.5. The lowest BCUT2D eigenvalue weighted by Gasteiger charge is -2.35. The summed E-state index contributed by atoms with van der Waals surface area (Å²) in [5, 5.41) is 0.653. The van der Waals surface area contributed by atoms with Crippen LogP contribution in [0.2, 0.25) is 5.02 Å². The molecule has 27 heavy (non-hydrogen) atoms. The summed E-state index contributed by atoms with van der Waals surface area (Å²) in [6, 6.07) is 7.21. The fraction of sp³-hybridized carbons (Fsp3) is 0.667. The van der Waals surface area contributed by atoms with Gasteiger partial charge in [-0.3, -0.25) is 4.79 Å². The number of ether oxygens (including phenoxy) is 2. The second-order valence-electron chi connectivity index (χ2n) is 7.63. The third-order valence-corrected chi connectivity index (χ3v) is 5.88. The highest BCUT2D eigenvalue weighted by Gasteiger charge is 2.27. The van der Waals surface area contributed by atoms with Crippen LogP contribution >= 0.6 is 11.6 Å². The highest BCUT2D eigenvalue weighted by molar-refractivity contribution is 6.30. The Bertz CT molecular complexity index is 582. The van der Waals surface area contributed by atoms with E-state index < -0.39 is 0 Å². The molecule has 150 valence electrons. The highest BCUT2D eigenvalue weighted by Crippen LogP contribution is 2.22. The monoisotopic (exact) mass is 394 g/mol. The predicted octanol–water partition coefficient (Wildman–Crippen LogP) is 3.32. The van der Waals surface area contributed by atoms with Crippen LogP contribution in [-0.2, 0) is 9.47 Å². The summed E-state index contributed by atoms with van der Waals surface area (Å²) < 4.78 is 11.0. The van der Waals surface area contributed by atoms with Gasteiger partial charge in [0.2, 0.25) is 0 Å². The second-order valence-corrected chi connectivity index (χ2v) is 8.07. The molecule has 0 aliphatic carbocycles. The van der Waals surface area contributed by atoms with Crippen LogP contribution in [0.3, 0.4) is 0 Å². The summed E-state index contributed by atoms with van der Waals surface area (Å²) in [5.41, 5.74) is 0.704. The number of methoxy groups -OCH3 is 1. The van der Waals surface area contributed by atoms with Crippen molar-refractivity contribution in [1.29, 1.82) is 0 Å². The Hall–Kier alpha value is -1.14. The number of amides is 1. The van der Waals surface area contributed by atoms with E-state index in [4.69, 9.17) is 21.1 Å². The first kappa shape index (κ1) is 20.6. The van der Waals surface area contributed by atoms with E-state index in [1.165, 1.54) is 0 Å². The molecule has 0 bridgehead atoms. The number of likely N-dealkylation sites (tertiary alicyclic amines) is 1. The molecule has 1 aromatic carbocycles. The first-order valence-corrected chi connectivity index (χ1v) is 10.4. The molecule has 3 rings (SSSR count). The van der Waals surface area contributed by atoms with Gasteiger partial charge in [0.05, 0.1) is 12.7 Å². The average Bonchev–Trinajstić information content (AvgIpc) is 3.20. The molecule has 0 saturated carbocycles. The molecule has 1 amide bonds. The number of carbonyl (C=O) groups is 1. The summed E-state index contributed by atoms with van der Waals surface area (Å²) in [7, 11) is 1.75. The third-order valence-electron chi connectivity index (χ3n) is 5.62. The Labute approximate surface area is 167 Å².